The summed E-state index contributed by atoms with van der Waals surface area (Å²) < 4.78 is 2.17. The van der Waals surface area contributed by atoms with Crippen molar-refractivity contribution in [2.24, 2.45) is 0 Å². The highest BCUT2D eigenvalue weighted by atomic mass is 32.2. The zero-order chi connectivity index (χ0) is 15.7. The number of hydrogen-bond donors (Lipinski definition) is 1. The normalized spacial score (nSPS) is 11.2. The predicted molar refractivity (Wildman–Crippen MR) is 90.7 cm³/mol. The number of rotatable bonds is 5. The number of aromatic amines is 1. The third kappa shape index (κ3) is 2.68. The van der Waals surface area contributed by atoms with E-state index >= 15 is 0 Å². The number of aryl methyl sites for hydroxylation is 1. The molecule has 0 spiro atoms. The largest absolute Gasteiger partial charge is 0.349 e. The van der Waals surface area contributed by atoms with Crippen molar-refractivity contribution in [1.82, 2.24) is 14.5 Å². The molecule has 5 heteroatoms. The number of nitrogens with zero attached hydrogens (tertiary/aromatic N) is 2. The van der Waals surface area contributed by atoms with E-state index in [1.165, 1.54) is 11.8 Å². The van der Waals surface area contributed by atoms with Crippen LogP contribution in [-0.4, -0.2) is 26.1 Å². The predicted octanol–water partition coefficient (Wildman–Crippen LogP) is 3.98. The molecule has 0 bridgehead atoms. The summed E-state index contributed by atoms with van der Waals surface area (Å²) in [4.78, 5) is 20.2. The lowest BCUT2D eigenvalue weighted by Gasteiger charge is -2.05. The van der Waals surface area contributed by atoms with Crippen molar-refractivity contribution in [3.63, 3.8) is 0 Å². The molecule has 2 heterocycles. The van der Waals surface area contributed by atoms with Gasteiger partial charge in [0.15, 0.2) is 10.9 Å². The molecule has 2 aromatic heterocycles. The Kier molecular flexibility index (Phi) is 4.07. The van der Waals surface area contributed by atoms with Crippen molar-refractivity contribution in [1.29, 1.82) is 0 Å². The van der Waals surface area contributed by atoms with Gasteiger partial charge >= 0.3 is 0 Å². The Balaban J connectivity index is 1.74. The van der Waals surface area contributed by atoms with Crippen LogP contribution in [0.15, 0.2) is 35.5 Å². The van der Waals surface area contributed by atoms with Gasteiger partial charge in [-0.05, 0) is 39.0 Å². The first-order valence-electron chi connectivity index (χ1n) is 7.37. The molecule has 0 saturated heterocycles. The maximum Gasteiger partial charge on any atom is 0.175 e. The van der Waals surface area contributed by atoms with Crippen LogP contribution < -0.4 is 0 Å². The average molecular weight is 313 g/mol. The van der Waals surface area contributed by atoms with E-state index in [0.717, 1.165) is 39.7 Å². The molecule has 22 heavy (non-hydrogen) atoms. The Bertz CT molecular complexity index is 799. The lowest BCUT2D eigenvalue weighted by molar-refractivity contribution is 0.102. The fourth-order valence-corrected chi connectivity index (χ4v) is 3.55. The van der Waals surface area contributed by atoms with Crippen LogP contribution in [0.1, 0.15) is 28.7 Å². The lowest BCUT2D eigenvalue weighted by atomic mass is 10.2. The van der Waals surface area contributed by atoms with Crippen molar-refractivity contribution in [3.8, 4) is 0 Å². The fourth-order valence-electron chi connectivity index (χ4n) is 2.78. The SMILES string of the molecule is CCn1c(C)cc(C(=O)CSc2nc3ccccc3[nH]2)c1C. The Morgan fingerprint density at radius 2 is 2.09 bits per heavy atom. The van der Waals surface area contributed by atoms with E-state index in [4.69, 9.17) is 0 Å². The van der Waals surface area contributed by atoms with Gasteiger partial charge in [0.25, 0.3) is 0 Å². The van der Waals surface area contributed by atoms with Gasteiger partial charge < -0.3 is 9.55 Å². The molecule has 0 fully saturated rings. The Labute approximate surface area is 133 Å². The Hall–Kier alpha value is -2.01. The van der Waals surface area contributed by atoms with Crippen LogP contribution in [0.2, 0.25) is 0 Å². The number of Topliss-reactive ketones (excluding diaryl/α,β-unsaturated/α-hetero) is 1. The van der Waals surface area contributed by atoms with E-state index < -0.39 is 0 Å². The lowest BCUT2D eigenvalue weighted by Crippen LogP contribution is -2.06. The molecule has 0 amide bonds. The third-order valence-corrected chi connectivity index (χ3v) is 4.77. The summed E-state index contributed by atoms with van der Waals surface area (Å²) >= 11 is 1.46. The van der Waals surface area contributed by atoms with Crippen molar-refractivity contribution in [3.05, 3.63) is 47.3 Å². The van der Waals surface area contributed by atoms with Gasteiger partial charge in [0, 0.05) is 23.5 Å². The first kappa shape index (κ1) is 14.9. The van der Waals surface area contributed by atoms with Gasteiger partial charge in [-0.15, -0.1) is 0 Å². The smallest absolute Gasteiger partial charge is 0.175 e. The fraction of sp³-hybridized carbons (Fsp3) is 0.294. The van der Waals surface area contributed by atoms with E-state index in [2.05, 4.69) is 21.5 Å². The number of aromatic nitrogens is 3. The molecule has 0 saturated carbocycles. The highest BCUT2D eigenvalue weighted by molar-refractivity contribution is 7.99. The standard InChI is InChI=1S/C17H19N3OS/c1-4-20-11(2)9-13(12(20)3)16(21)10-22-17-18-14-7-5-6-8-15(14)19-17/h5-9H,4,10H2,1-3H3,(H,18,19). The van der Waals surface area contributed by atoms with Crippen LogP contribution in [-0.2, 0) is 6.54 Å². The summed E-state index contributed by atoms with van der Waals surface area (Å²) in [6.07, 6.45) is 0. The van der Waals surface area contributed by atoms with E-state index in [1.54, 1.807) is 0 Å². The highest BCUT2D eigenvalue weighted by Gasteiger charge is 2.15. The van der Waals surface area contributed by atoms with Gasteiger partial charge in [0.05, 0.1) is 16.8 Å². The maximum absolute atomic E-state index is 12.5. The molecule has 1 aromatic carbocycles. The second-order valence-electron chi connectivity index (χ2n) is 5.30. The number of fused-ring (bicyclic) bond motifs is 1. The molecule has 114 valence electrons. The third-order valence-electron chi connectivity index (χ3n) is 3.90. The zero-order valence-electron chi connectivity index (χ0n) is 13.0. The van der Waals surface area contributed by atoms with Crippen LogP contribution >= 0.6 is 11.8 Å². The summed E-state index contributed by atoms with van der Waals surface area (Å²) in [6, 6.07) is 9.87. The van der Waals surface area contributed by atoms with Crippen LogP contribution in [0, 0.1) is 13.8 Å². The van der Waals surface area contributed by atoms with Crippen LogP contribution in [0.5, 0.6) is 0 Å². The number of thioether (sulfide) groups is 1. The Morgan fingerprint density at radius 1 is 1.32 bits per heavy atom. The molecule has 0 aliphatic rings. The first-order chi connectivity index (χ1) is 10.6. The van der Waals surface area contributed by atoms with Gasteiger partial charge in [0.1, 0.15) is 0 Å². The number of imidazole rings is 1. The summed E-state index contributed by atoms with van der Waals surface area (Å²) in [6.45, 7) is 7.04. The van der Waals surface area contributed by atoms with E-state index in [0.29, 0.717) is 5.75 Å². The van der Waals surface area contributed by atoms with E-state index in [9.17, 15) is 4.79 Å². The van der Waals surface area contributed by atoms with E-state index in [1.807, 2.05) is 44.2 Å². The van der Waals surface area contributed by atoms with Crippen LogP contribution in [0.3, 0.4) is 0 Å². The molecule has 3 rings (SSSR count). The number of carbonyl (C=O) groups is 1. The maximum atomic E-state index is 12.5. The van der Waals surface area contributed by atoms with Crippen LogP contribution in [0.4, 0.5) is 0 Å². The summed E-state index contributed by atoms with van der Waals surface area (Å²) in [5.74, 6) is 0.548. The summed E-state index contributed by atoms with van der Waals surface area (Å²) in [5, 5.41) is 0.791. The Morgan fingerprint density at radius 3 is 2.77 bits per heavy atom. The molecule has 0 radical (unpaired) electrons. The van der Waals surface area contributed by atoms with Gasteiger partial charge in [-0.25, -0.2) is 4.98 Å². The van der Waals surface area contributed by atoms with Crippen molar-refractivity contribution in [2.75, 3.05) is 5.75 Å². The van der Waals surface area contributed by atoms with Crippen LogP contribution in [0.25, 0.3) is 11.0 Å². The molecular weight excluding hydrogens is 294 g/mol. The summed E-state index contributed by atoms with van der Waals surface area (Å²) in [7, 11) is 0. The number of hydrogen-bond acceptors (Lipinski definition) is 3. The monoisotopic (exact) mass is 313 g/mol. The van der Waals surface area contributed by atoms with Gasteiger partial charge in [-0.2, -0.15) is 0 Å². The average Bonchev–Trinajstić information content (AvgIpc) is 3.05. The number of carbonyl (C=O) groups excluding carboxylic acids is 1. The quantitative estimate of drug-likeness (QED) is 0.572. The van der Waals surface area contributed by atoms with Crippen molar-refractivity contribution >= 4 is 28.6 Å². The molecule has 0 aliphatic heterocycles. The number of ketones is 1. The van der Waals surface area contributed by atoms with Gasteiger partial charge in [0.2, 0.25) is 0 Å². The molecular formula is C17H19N3OS. The minimum absolute atomic E-state index is 0.151. The van der Waals surface area contributed by atoms with Gasteiger partial charge in [-0.3, -0.25) is 4.79 Å². The zero-order valence-corrected chi connectivity index (χ0v) is 13.8. The topological polar surface area (TPSA) is 50.7 Å². The number of nitrogens with one attached hydrogen (secondary N) is 1. The minimum atomic E-state index is 0.151. The molecule has 3 aromatic rings. The highest BCUT2D eigenvalue weighted by Crippen LogP contribution is 2.22. The van der Waals surface area contributed by atoms with Gasteiger partial charge in [-0.1, -0.05) is 23.9 Å². The minimum Gasteiger partial charge on any atom is -0.349 e. The van der Waals surface area contributed by atoms with Crippen molar-refractivity contribution in [2.45, 2.75) is 32.5 Å². The number of benzene rings is 1. The molecule has 1 N–H and O–H groups in total. The van der Waals surface area contributed by atoms with Crippen molar-refractivity contribution < 1.29 is 4.79 Å². The second kappa shape index (κ2) is 6.01. The number of para-hydroxylation sites is 2. The second-order valence-corrected chi connectivity index (χ2v) is 6.26. The van der Waals surface area contributed by atoms with E-state index in [-0.39, 0.29) is 5.78 Å². The summed E-state index contributed by atoms with van der Waals surface area (Å²) in [5.41, 5.74) is 4.94. The molecule has 0 atom stereocenters. The first-order valence-corrected chi connectivity index (χ1v) is 8.36. The molecule has 4 nitrogen and oxygen atoms in total. The molecule has 0 aliphatic carbocycles. The number of H-pyrrole nitrogens is 1. The molecule has 0 unspecified atom stereocenters.